The molecule has 4 rings (SSSR count). The van der Waals surface area contributed by atoms with Crippen molar-refractivity contribution in [1.82, 2.24) is 5.06 Å². The zero-order chi connectivity index (χ0) is 23.8. The quantitative estimate of drug-likeness (QED) is 0.305. The molecule has 5 nitrogen and oxygen atoms in total. The molecule has 190 valence electrons. The van der Waals surface area contributed by atoms with Crippen LogP contribution < -0.4 is 0 Å². The van der Waals surface area contributed by atoms with Gasteiger partial charge in [0.05, 0.1) is 6.61 Å². The summed E-state index contributed by atoms with van der Waals surface area (Å²) in [7, 11) is 0. The van der Waals surface area contributed by atoms with E-state index in [1.54, 1.807) is 0 Å². The zero-order valence-electron chi connectivity index (χ0n) is 21.1. The van der Waals surface area contributed by atoms with E-state index >= 15 is 0 Å². The van der Waals surface area contributed by atoms with Gasteiger partial charge in [0.25, 0.3) is 0 Å². The van der Waals surface area contributed by atoms with Crippen molar-refractivity contribution in [2.24, 2.45) is 23.7 Å². The first kappa shape index (κ1) is 25.6. The van der Waals surface area contributed by atoms with Crippen LogP contribution in [-0.4, -0.2) is 35.2 Å². The van der Waals surface area contributed by atoms with Crippen molar-refractivity contribution in [3.05, 3.63) is 12.2 Å². The number of allylic oxidation sites excluding steroid dienone is 2. The Hall–Kier alpha value is -1.49. The predicted molar refractivity (Wildman–Crippen MR) is 133 cm³/mol. The van der Waals surface area contributed by atoms with Crippen LogP contribution in [0.4, 0.5) is 0 Å². The van der Waals surface area contributed by atoms with Gasteiger partial charge in [-0.05, 0) is 82.0 Å². The number of hydroxylamine groups is 2. The minimum absolute atomic E-state index is 0.0648. The number of ketones is 2. The second-order valence-electron chi connectivity index (χ2n) is 11.3. The summed E-state index contributed by atoms with van der Waals surface area (Å²) in [4.78, 5) is 44.9. The van der Waals surface area contributed by atoms with Crippen molar-refractivity contribution < 1.29 is 19.2 Å². The van der Waals surface area contributed by atoms with Gasteiger partial charge < -0.3 is 0 Å². The van der Waals surface area contributed by atoms with Crippen LogP contribution in [0.15, 0.2) is 12.2 Å². The van der Waals surface area contributed by atoms with E-state index in [1.165, 1.54) is 56.4 Å². The van der Waals surface area contributed by atoms with Crippen molar-refractivity contribution in [3.63, 3.8) is 0 Å². The Morgan fingerprint density at radius 3 is 2.47 bits per heavy atom. The average Bonchev–Trinajstić information content (AvgIpc) is 3.31. The lowest BCUT2D eigenvalue weighted by Gasteiger charge is -2.35. The maximum absolute atomic E-state index is 13.1. The number of hydrogen-bond donors (Lipinski definition) is 0. The fraction of sp³-hybridized carbons (Fsp3) is 0.828. The molecule has 5 atom stereocenters. The predicted octanol–water partition coefficient (Wildman–Crippen LogP) is 6.35. The van der Waals surface area contributed by atoms with Crippen molar-refractivity contribution >= 4 is 17.5 Å². The van der Waals surface area contributed by atoms with Gasteiger partial charge in [0, 0.05) is 12.3 Å². The van der Waals surface area contributed by atoms with Crippen LogP contribution in [0.3, 0.4) is 0 Å². The number of amides is 1. The van der Waals surface area contributed by atoms with Gasteiger partial charge in [0.1, 0.15) is 6.04 Å². The van der Waals surface area contributed by atoms with E-state index in [0.717, 1.165) is 63.2 Å². The molecule has 0 aromatic carbocycles. The van der Waals surface area contributed by atoms with E-state index in [1.807, 2.05) is 0 Å². The summed E-state index contributed by atoms with van der Waals surface area (Å²) in [5.74, 6) is 1.05. The molecule has 2 aliphatic carbocycles. The van der Waals surface area contributed by atoms with Crippen molar-refractivity contribution in [1.29, 1.82) is 0 Å². The van der Waals surface area contributed by atoms with E-state index in [-0.39, 0.29) is 17.5 Å². The standard InChI is InChI=1S/C29H45NO4/c31-27-19-7-3-6-14-24-16-9-15-23(24)13-5-2-1-4-11-22-12-8-17-25(21-22)28(32)29(33)30-26(27)18-10-20-34-30/h5,13,22-26H,1-4,6-12,14-21H2. The smallest absolute Gasteiger partial charge is 0.297 e. The number of carbonyl (C=O) groups is 3. The maximum atomic E-state index is 13.1. The molecule has 0 aromatic heterocycles. The Bertz CT molecular complexity index is 732. The fourth-order valence-corrected chi connectivity index (χ4v) is 6.91. The van der Waals surface area contributed by atoms with Crippen LogP contribution in [0, 0.1) is 23.7 Å². The molecule has 34 heavy (non-hydrogen) atoms. The molecule has 0 radical (unpaired) electrons. The van der Waals surface area contributed by atoms with Crippen molar-refractivity contribution in [3.8, 4) is 0 Å². The average molecular weight is 472 g/mol. The van der Waals surface area contributed by atoms with Gasteiger partial charge in [-0.1, -0.05) is 57.1 Å². The lowest BCUT2D eigenvalue weighted by molar-refractivity contribution is -0.214. The highest BCUT2D eigenvalue weighted by Gasteiger charge is 2.39. The van der Waals surface area contributed by atoms with Crippen LogP contribution in [0.1, 0.15) is 116 Å². The molecule has 5 unspecified atom stereocenters. The summed E-state index contributed by atoms with van der Waals surface area (Å²) in [5, 5.41) is 1.18. The first-order valence-corrected chi connectivity index (χ1v) is 14.3. The third kappa shape index (κ3) is 6.80. The molecule has 5 heteroatoms. The molecule has 2 heterocycles. The van der Waals surface area contributed by atoms with E-state index in [2.05, 4.69) is 12.2 Å². The Morgan fingerprint density at radius 2 is 1.56 bits per heavy atom. The number of hydrogen-bond acceptors (Lipinski definition) is 4. The van der Waals surface area contributed by atoms with Crippen LogP contribution >= 0.6 is 0 Å². The molecule has 4 aliphatic rings. The molecule has 2 bridgehead atoms. The molecule has 1 saturated heterocycles. The van der Waals surface area contributed by atoms with E-state index < -0.39 is 11.9 Å². The van der Waals surface area contributed by atoms with E-state index in [4.69, 9.17) is 4.84 Å². The third-order valence-electron chi connectivity index (χ3n) is 8.90. The highest BCUT2D eigenvalue weighted by atomic mass is 16.7. The van der Waals surface area contributed by atoms with Crippen LogP contribution in [-0.2, 0) is 19.2 Å². The fourth-order valence-electron chi connectivity index (χ4n) is 6.91. The molecule has 0 aromatic rings. The van der Waals surface area contributed by atoms with Crippen LogP contribution in [0.25, 0.3) is 0 Å². The molecule has 0 spiro atoms. The van der Waals surface area contributed by atoms with Gasteiger partial charge in [0.15, 0.2) is 5.78 Å². The van der Waals surface area contributed by atoms with Crippen molar-refractivity contribution in [2.45, 2.75) is 122 Å². The van der Waals surface area contributed by atoms with Gasteiger partial charge >= 0.3 is 5.91 Å². The minimum atomic E-state index is -0.581. The van der Waals surface area contributed by atoms with E-state index in [9.17, 15) is 14.4 Å². The summed E-state index contributed by atoms with van der Waals surface area (Å²) >= 11 is 0. The first-order chi connectivity index (χ1) is 16.6. The number of fused-ring (bicyclic) bond motifs is 4. The number of nitrogens with zero attached hydrogens (tertiary/aromatic N) is 1. The Morgan fingerprint density at radius 1 is 0.765 bits per heavy atom. The minimum Gasteiger partial charge on any atom is -0.297 e. The normalized spacial score (nSPS) is 35.4. The largest absolute Gasteiger partial charge is 0.314 e. The topological polar surface area (TPSA) is 63.7 Å². The first-order valence-electron chi connectivity index (χ1n) is 14.3. The molecule has 2 aliphatic heterocycles. The highest BCUT2D eigenvalue weighted by molar-refractivity contribution is 6.37. The monoisotopic (exact) mass is 471 g/mol. The van der Waals surface area contributed by atoms with Gasteiger partial charge in [-0.15, -0.1) is 0 Å². The lowest BCUT2D eigenvalue weighted by Crippen LogP contribution is -2.51. The number of rotatable bonds is 0. The lowest BCUT2D eigenvalue weighted by atomic mass is 9.77. The van der Waals surface area contributed by atoms with Crippen LogP contribution in [0.5, 0.6) is 0 Å². The van der Waals surface area contributed by atoms with E-state index in [0.29, 0.717) is 25.4 Å². The SMILES string of the molecule is O=C1C(=O)N2OCCCC2C(=O)CCCCCC2CCCC2C=CCCCCC2CCCC1C2. The van der Waals surface area contributed by atoms with Crippen LogP contribution in [0.2, 0.25) is 0 Å². The molecule has 1 amide bonds. The summed E-state index contributed by atoms with van der Waals surface area (Å²) in [6.45, 7) is 0.409. The number of carbonyl (C=O) groups excluding carboxylic acids is 3. The summed E-state index contributed by atoms with van der Waals surface area (Å²) in [6, 6.07) is -0.581. The third-order valence-corrected chi connectivity index (χ3v) is 8.90. The van der Waals surface area contributed by atoms with Gasteiger partial charge in [-0.25, -0.2) is 5.06 Å². The Balaban J connectivity index is 1.42. The van der Waals surface area contributed by atoms with Gasteiger partial charge in [-0.2, -0.15) is 0 Å². The summed E-state index contributed by atoms with van der Waals surface area (Å²) in [6.07, 6.45) is 23.7. The van der Waals surface area contributed by atoms with Crippen molar-refractivity contribution in [2.75, 3.05) is 6.61 Å². The Kier molecular flexibility index (Phi) is 9.78. The molecular weight excluding hydrogens is 426 g/mol. The molecule has 0 N–H and O–H groups in total. The summed E-state index contributed by atoms with van der Waals surface area (Å²) in [5.41, 5.74) is 0. The number of Topliss-reactive ketones (excluding diaryl/α,β-unsaturated/α-hetero) is 2. The molecule has 2 saturated carbocycles. The Labute approximate surface area is 206 Å². The highest BCUT2D eigenvalue weighted by Crippen LogP contribution is 2.37. The zero-order valence-corrected chi connectivity index (χ0v) is 21.1. The van der Waals surface area contributed by atoms with Gasteiger partial charge in [0.2, 0.25) is 5.78 Å². The second kappa shape index (κ2) is 13.0. The molecular formula is C29H45NO4. The molecule has 3 fully saturated rings. The maximum Gasteiger partial charge on any atom is 0.314 e. The summed E-state index contributed by atoms with van der Waals surface area (Å²) < 4.78 is 0. The second-order valence-corrected chi connectivity index (χ2v) is 11.3. The van der Waals surface area contributed by atoms with Gasteiger partial charge in [-0.3, -0.25) is 19.2 Å².